The topological polar surface area (TPSA) is 107 Å². The molecule has 0 aliphatic carbocycles. The van der Waals surface area contributed by atoms with Crippen molar-refractivity contribution in [3.8, 4) is 5.75 Å². The molecule has 1 aromatic carbocycles. The number of nitrogens with two attached hydrogens (primary N) is 2. The Morgan fingerprint density at radius 3 is 2.90 bits per heavy atom. The molecule has 2 aromatic rings. The number of benzene rings is 1. The van der Waals surface area contributed by atoms with E-state index >= 15 is 0 Å². The van der Waals surface area contributed by atoms with Crippen LogP contribution in [0.15, 0.2) is 23.4 Å². The van der Waals surface area contributed by atoms with E-state index in [1.54, 1.807) is 14.0 Å². The number of hydrogen-bond acceptors (Lipinski definition) is 5. The molecule has 0 aliphatic rings. The van der Waals surface area contributed by atoms with Crippen LogP contribution >= 0.6 is 11.8 Å². The van der Waals surface area contributed by atoms with Crippen LogP contribution < -0.4 is 16.2 Å². The maximum atomic E-state index is 11.3. The number of nitrogens with zero attached hydrogens (tertiary/aromatic N) is 1. The summed E-state index contributed by atoms with van der Waals surface area (Å²) in [6.07, 6.45) is 0.480. The van der Waals surface area contributed by atoms with Gasteiger partial charge in [0, 0.05) is 11.3 Å². The van der Waals surface area contributed by atoms with E-state index < -0.39 is 11.4 Å². The van der Waals surface area contributed by atoms with E-state index in [2.05, 4.69) is 9.97 Å². The monoisotopic (exact) mass is 308 g/mol. The number of hydrogen-bond donors (Lipinski definition) is 3. The number of thioether (sulfide) groups is 1. The average molecular weight is 308 g/mol. The summed E-state index contributed by atoms with van der Waals surface area (Å²) >= 11 is 1.53. The molecule has 21 heavy (non-hydrogen) atoms. The van der Waals surface area contributed by atoms with E-state index in [1.165, 1.54) is 11.8 Å². The van der Waals surface area contributed by atoms with Gasteiger partial charge in [-0.25, -0.2) is 4.98 Å². The summed E-state index contributed by atoms with van der Waals surface area (Å²) in [5.74, 6) is 0.281. The number of amides is 1. The number of aromatic amines is 1. The minimum atomic E-state index is -1.01. The van der Waals surface area contributed by atoms with Gasteiger partial charge in [-0.05, 0) is 25.5 Å². The minimum Gasteiger partial charge on any atom is -0.497 e. The SMILES string of the molecule is COc1ccc2nc(SC(C)CC(C)(N)C(N)=O)[nH]c2c1. The Bertz CT molecular complexity index is 653. The largest absolute Gasteiger partial charge is 0.497 e. The standard InChI is InChI=1S/C14H20N4O2S/c1-8(7-14(2,16)12(15)19)21-13-17-10-5-4-9(20-3)6-11(10)18-13/h4-6,8H,7,16H2,1-3H3,(H2,15,19)(H,17,18). The molecule has 0 spiro atoms. The van der Waals surface area contributed by atoms with Gasteiger partial charge in [0.25, 0.3) is 0 Å². The number of imidazole rings is 1. The van der Waals surface area contributed by atoms with Gasteiger partial charge >= 0.3 is 0 Å². The Morgan fingerprint density at radius 1 is 1.57 bits per heavy atom. The molecular weight excluding hydrogens is 288 g/mol. The van der Waals surface area contributed by atoms with Crippen LogP contribution in [0.1, 0.15) is 20.3 Å². The fraction of sp³-hybridized carbons (Fsp3) is 0.429. The van der Waals surface area contributed by atoms with Gasteiger partial charge in [-0.3, -0.25) is 4.79 Å². The molecule has 2 atom stereocenters. The maximum Gasteiger partial charge on any atom is 0.237 e. The lowest BCUT2D eigenvalue weighted by molar-refractivity contribution is -0.122. The molecule has 2 unspecified atom stereocenters. The van der Waals surface area contributed by atoms with Crippen molar-refractivity contribution in [3.63, 3.8) is 0 Å². The minimum absolute atomic E-state index is 0.106. The highest BCUT2D eigenvalue weighted by molar-refractivity contribution is 7.99. The van der Waals surface area contributed by atoms with Gasteiger partial charge in [0.1, 0.15) is 5.75 Å². The first kappa shape index (κ1) is 15.7. The van der Waals surface area contributed by atoms with Crippen LogP contribution in [0.5, 0.6) is 5.75 Å². The van der Waals surface area contributed by atoms with Crippen LogP contribution in [0, 0.1) is 0 Å². The number of nitrogens with one attached hydrogen (secondary N) is 1. The molecule has 5 N–H and O–H groups in total. The number of fused-ring (bicyclic) bond motifs is 1. The van der Waals surface area contributed by atoms with Gasteiger partial charge in [0.15, 0.2) is 5.16 Å². The van der Waals surface area contributed by atoms with Crippen molar-refractivity contribution in [2.45, 2.75) is 36.2 Å². The summed E-state index contributed by atoms with van der Waals surface area (Å²) in [5.41, 5.74) is 12.0. The van der Waals surface area contributed by atoms with Crippen LogP contribution in [-0.2, 0) is 4.79 Å². The Kier molecular flexibility index (Phi) is 4.43. The van der Waals surface area contributed by atoms with Crippen molar-refractivity contribution in [1.29, 1.82) is 0 Å². The fourth-order valence-electron chi connectivity index (χ4n) is 2.08. The van der Waals surface area contributed by atoms with Crippen molar-refractivity contribution in [2.24, 2.45) is 11.5 Å². The predicted molar refractivity (Wildman–Crippen MR) is 84.4 cm³/mol. The fourth-order valence-corrected chi connectivity index (χ4v) is 3.21. The quantitative estimate of drug-likeness (QED) is 0.703. The normalized spacial score (nSPS) is 15.6. The predicted octanol–water partition coefficient (Wildman–Crippen LogP) is 1.64. The molecule has 114 valence electrons. The molecule has 1 aromatic heterocycles. The highest BCUT2D eigenvalue weighted by Crippen LogP contribution is 2.28. The summed E-state index contributed by atoms with van der Waals surface area (Å²) in [6, 6.07) is 5.66. The Morgan fingerprint density at radius 2 is 2.29 bits per heavy atom. The molecular formula is C14H20N4O2S. The lowest BCUT2D eigenvalue weighted by Crippen LogP contribution is -2.50. The summed E-state index contributed by atoms with van der Waals surface area (Å²) in [7, 11) is 1.63. The van der Waals surface area contributed by atoms with Gasteiger partial charge < -0.3 is 21.2 Å². The van der Waals surface area contributed by atoms with Crippen LogP contribution in [0.2, 0.25) is 0 Å². The second kappa shape index (κ2) is 5.95. The zero-order valence-corrected chi connectivity index (χ0v) is 13.2. The first-order valence-electron chi connectivity index (χ1n) is 6.61. The van der Waals surface area contributed by atoms with Gasteiger partial charge in [-0.15, -0.1) is 0 Å². The lowest BCUT2D eigenvalue weighted by Gasteiger charge is -2.23. The van der Waals surface area contributed by atoms with E-state index in [0.717, 1.165) is 21.9 Å². The number of carbonyl (C=O) groups is 1. The second-order valence-electron chi connectivity index (χ2n) is 5.34. The summed E-state index contributed by atoms with van der Waals surface area (Å²) in [5, 5.41) is 0.890. The number of H-pyrrole nitrogens is 1. The Labute approximate surface area is 127 Å². The molecule has 0 aliphatic heterocycles. The molecule has 0 radical (unpaired) electrons. The van der Waals surface area contributed by atoms with Crippen molar-refractivity contribution < 1.29 is 9.53 Å². The first-order chi connectivity index (χ1) is 9.81. The molecule has 1 amide bonds. The zero-order chi connectivity index (χ0) is 15.6. The smallest absolute Gasteiger partial charge is 0.237 e. The molecule has 6 nitrogen and oxygen atoms in total. The number of aromatic nitrogens is 2. The Balaban J connectivity index is 2.11. The highest BCUT2D eigenvalue weighted by atomic mass is 32.2. The van der Waals surface area contributed by atoms with E-state index in [1.807, 2.05) is 25.1 Å². The number of ether oxygens (including phenoxy) is 1. The van der Waals surface area contributed by atoms with Crippen molar-refractivity contribution in [3.05, 3.63) is 18.2 Å². The van der Waals surface area contributed by atoms with Crippen LogP contribution in [-0.4, -0.2) is 33.8 Å². The van der Waals surface area contributed by atoms with Crippen molar-refractivity contribution in [1.82, 2.24) is 9.97 Å². The van der Waals surface area contributed by atoms with Crippen molar-refractivity contribution >= 4 is 28.7 Å². The van der Waals surface area contributed by atoms with Crippen LogP contribution in [0.4, 0.5) is 0 Å². The van der Waals surface area contributed by atoms with E-state index in [4.69, 9.17) is 16.2 Å². The van der Waals surface area contributed by atoms with Gasteiger partial charge in [-0.1, -0.05) is 18.7 Å². The summed E-state index contributed by atoms with van der Waals surface area (Å²) < 4.78 is 5.18. The van der Waals surface area contributed by atoms with Gasteiger partial charge in [0.05, 0.1) is 23.7 Å². The molecule has 1 heterocycles. The number of carbonyl (C=O) groups excluding carboxylic acids is 1. The summed E-state index contributed by atoms with van der Waals surface area (Å²) in [6.45, 7) is 3.64. The molecule has 0 fully saturated rings. The molecule has 0 bridgehead atoms. The number of rotatable bonds is 6. The van der Waals surface area contributed by atoms with Gasteiger partial charge in [-0.2, -0.15) is 0 Å². The third kappa shape index (κ3) is 3.68. The molecule has 7 heteroatoms. The van der Waals surface area contributed by atoms with Gasteiger partial charge in [0.2, 0.25) is 5.91 Å². The third-order valence-electron chi connectivity index (χ3n) is 3.25. The van der Waals surface area contributed by atoms with Crippen LogP contribution in [0.25, 0.3) is 11.0 Å². The highest BCUT2D eigenvalue weighted by Gasteiger charge is 2.28. The maximum absolute atomic E-state index is 11.3. The first-order valence-corrected chi connectivity index (χ1v) is 7.49. The number of primary amides is 1. The Hall–Kier alpha value is -1.73. The zero-order valence-electron chi connectivity index (χ0n) is 12.3. The average Bonchev–Trinajstić information content (AvgIpc) is 2.78. The second-order valence-corrected chi connectivity index (χ2v) is 6.77. The van der Waals surface area contributed by atoms with E-state index in [9.17, 15) is 4.79 Å². The van der Waals surface area contributed by atoms with E-state index in [0.29, 0.717) is 6.42 Å². The molecule has 2 rings (SSSR count). The lowest BCUT2D eigenvalue weighted by atomic mass is 9.97. The third-order valence-corrected chi connectivity index (χ3v) is 4.24. The molecule has 0 saturated heterocycles. The summed E-state index contributed by atoms with van der Waals surface area (Å²) in [4.78, 5) is 19.0. The molecule has 0 saturated carbocycles. The van der Waals surface area contributed by atoms with Crippen molar-refractivity contribution in [2.75, 3.05) is 7.11 Å². The van der Waals surface area contributed by atoms with E-state index in [-0.39, 0.29) is 5.25 Å². The van der Waals surface area contributed by atoms with Crippen LogP contribution in [0.3, 0.4) is 0 Å². The number of methoxy groups -OCH3 is 1.